The van der Waals surface area contributed by atoms with E-state index in [0.29, 0.717) is 18.6 Å². The zero-order chi connectivity index (χ0) is 37.2. The molecule has 0 aromatic heterocycles. The Bertz CT molecular complexity index is 1200. The van der Waals surface area contributed by atoms with Gasteiger partial charge in [-0.1, -0.05) is 87.9 Å². The van der Waals surface area contributed by atoms with Gasteiger partial charge in [0.05, 0.1) is 26.8 Å². The van der Waals surface area contributed by atoms with Gasteiger partial charge in [0.25, 0.3) is 11.9 Å². The van der Waals surface area contributed by atoms with E-state index in [4.69, 9.17) is 5.73 Å². The number of carbonyl (C=O) groups is 4. The molecule has 0 aliphatic rings. The van der Waals surface area contributed by atoms with Crippen LogP contribution >= 0.6 is 0 Å². The molecule has 1 unspecified atom stereocenters. The van der Waals surface area contributed by atoms with Crippen LogP contribution in [0.1, 0.15) is 56.5 Å². The van der Waals surface area contributed by atoms with E-state index in [2.05, 4.69) is 61.5 Å². The van der Waals surface area contributed by atoms with E-state index in [1.165, 1.54) is 5.56 Å². The number of rotatable bonds is 14. The highest BCUT2D eigenvalue weighted by atomic mass is 16.7. The Hall–Kier alpha value is -5.31. The summed E-state index contributed by atoms with van der Waals surface area (Å²) in [6.07, 6.45) is 2.14. The van der Waals surface area contributed by atoms with Gasteiger partial charge < -0.3 is 36.5 Å². The van der Waals surface area contributed by atoms with Crippen molar-refractivity contribution in [3.05, 3.63) is 94.6 Å². The van der Waals surface area contributed by atoms with E-state index < -0.39 is 47.3 Å². The topological polar surface area (TPSA) is 216 Å². The fourth-order valence-electron chi connectivity index (χ4n) is 3.03. The number of amides is 3. The van der Waals surface area contributed by atoms with E-state index >= 15 is 0 Å². The summed E-state index contributed by atoms with van der Waals surface area (Å²) in [4.78, 5) is 57.8. The molecule has 0 aliphatic carbocycles. The number of hydrazone groups is 1. The molecule has 0 saturated heterocycles. The Labute approximate surface area is 283 Å². The number of carbonyl (C=O) groups excluding carboxylic acids is 4. The number of esters is 1. The first-order valence-corrected chi connectivity index (χ1v) is 15.3. The lowest BCUT2D eigenvalue weighted by Crippen LogP contribution is -2.47. The van der Waals surface area contributed by atoms with Gasteiger partial charge in [-0.3, -0.25) is 14.4 Å². The monoisotopic (exact) mass is 675 g/mol. The van der Waals surface area contributed by atoms with E-state index in [0.717, 1.165) is 7.11 Å². The summed E-state index contributed by atoms with van der Waals surface area (Å²) in [5.41, 5.74) is 6.98. The third-order valence-electron chi connectivity index (χ3n) is 5.10. The Kier molecular flexibility index (Phi) is 32.4. The minimum absolute atomic E-state index is 0.137. The highest BCUT2D eigenvalue weighted by Crippen LogP contribution is 2.00. The maximum absolute atomic E-state index is 12.0. The quantitative estimate of drug-likeness (QED) is 0.0375. The number of hydrogen-bond donors (Lipinski definition) is 5. The van der Waals surface area contributed by atoms with Crippen LogP contribution in [0.2, 0.25) is 0 Å². The Morgan fingerprint density at radius 3 is 1.90 bits per heavy atom. The standard InChI is InChI=1S/C18H25N7O7.C7H8.C4H8O.2C2H6/c1-32-17(29)13(8-5-9-20-18(19)24-25(30)31)23-15(27)11-21-14(26)10-22-16(28)12-6-3-2-4-7-12;1-7-5-3-2-4-6-7;1-3-4-5-2;2*1-2/h2-4,6-7,13H,5,8-11H2,1H3,(H,21,26)(H,22,28)(H,23,27)(H3,19,20,24);2-6H,1H3;3H,1,4H2,2H3;2*1-2H3. The van der Waals surface area contributed by atoms with Gasteiger partial charge in [0.15, 0.2) is 5.03 Å². The first-order chi connectivity index (χ1) is 23.0. The Morgan fingerprint density at radius 2 is 1.46 bits per heavy atom. The predicted octanol–water partition coefficient (Wildman–Crippen LogP) is 2.93. The average molecular weight is 676 g/mol. The molecule has 48 heavy (non-hydrogen) atoms. The van der Waals surface area contributed by atoms with Crippen LogP contribution in [0, 0.1) is 17.0 Å². The second-order valence-corrected chi connectivity index (χ2v) is 8.66. The van der Waals surface area contributed by atoms with Crippen LogP contribution in [0.15, 0.2) is 78.4 Å². The van der Waals surface area contributed by atoms with E-state index in [1.807, 2.05) is 45.9 Å². The number of hydrogen-bond acceptors (Lipinski definition) is 8. The molecule has 3 amide bonds. The van der Waals surface area contributed by atoms with Crippen LogP contribution in [0.5, 0.6) is 0 Å². The first kappa shape index (κ1) is 47.1. The van der Waals surface area contributed by atoms with Crippen LogP contribution < -0.4 is 27.0 Å². The molecule has 268 valence electrons. The number of nitro groups is 1. The number of nitrogens with two attached hydrogens (primary N) is 1. The molecule has 0 spiro atoms. The zero-order valence-corrected chi connectivity index (χ0v) is 29.1. The molecule has 2 aromatic rings. The fraction of sp³-hybridized carbons (Fsp3) is 0.424. The Balaban J connectivity index is -0.00000104. The minimum Gasteiger partial charge on any atom is -0.467 e. The second kappa shape index (κ2) is 33.1. The molecule has 15 heteroatoms. The SMILES string of the molecule is C=CCOC.CC.CC.COC(=O)C(CCCN/C(N)=N\[N+](=O)[O-])NC(=O)CNC(=O)CNC(=O)c1ccccc1.Cc1ccccc1. The number of ether oxygens (including phenoxy) is 2. The summed E-state index contributed by atoms with van der Waals surface area (Å²) in [6, 6.07) is 17.6. The molecule has 0 heterocycles. The maximum atomic E-state index is 12.0. The summed E-state index contributed by atoms with van der Waals surface area (Å²) in [6.45, 7) is 13.6. The maximum Gasteiger partial charge on any atom is 0.328 e. The first-order valence-electron chi connectivity index (χ1n) is 15.3. The number of methoxy groups -OCH3 is 2. The molecule has 0 saturated carbocycles. The molecular formula is C33H53N7O8. The van der Waals surface area contributed by atoms with Crippen LogP contribution in [-0.4, -0.2) is 81.2 Å². The van der Waals surface area contributed by atoms with E-state index in [1.54, 1.807) is 43.5 Å². The van der Waals surface area contributed by atoms with Crippen molar-refractivity contribution in [3.63, 3.8) is 0 Å². The lowest BCUT2D eigenvalue weighted by Gasteiger charge is -2.17. The van der Waals surface area contributed by atoms with Gasteiger partial charge in [-0.2, -0.15) is 0 Å². The van der Waals surface area contributed by atoms with Gasteiger partial charge in [-0.05, 0) is 31.9 Å². The highest BCUT2D eigenvalue weighted by molar-refractivity contribution is 5.97. The summed E-state index contributed by atoms with van der Waals surface area (Å²) in [7, 11) is 2.79. The molecule has 0 radical (unpaired) electrons. The van der Waals surface area contributed by atoms with Crippen LogP contribution in [0.3, 0.4) is 0 Å². The zero-order valence-electron chi connectivity index (χ0n) is 29.1. The smallest absolute Gasteiger partial charge is 0.328 e. The van der Waals surface area contributed by atoms with Gasteiger partial charge in [-0.15, -0.1) is 6.58 Å². The highest BCUT2D eigenvalue weighted by Gasteiger charge is 2.21. The number of nitrogens with zero attached hydrogens (tertiary/aromatic N) is 2. The summed E-state index contributed by atoms with van der Waals surface area (Å²) < 4.78 is 9.20. The van der Waals surface area contributed by atoms with Crippen molar-refractivity contribution < 1.29 is 33.7 Å². The van der Waals surface area contributed by atoms with Crippen molar-refractivity contribution in [3.8, 4) is 0 Å². The summed E-state index contributed by atoms with van der Waals surface area (Å²) in [5.74, 6) is -2.77. The van der Waals surface area contributed by atoms with E-state index in [-0.39, 0.29) is 19.5 Å². The van der Waals surface area contributed by atoms with Gasteiger partial charge in [-0.25, -0.2) is 14.9 Å². The number of benzene rings is 2. The van der Waals surface area contributed by atoms with E-state index in [9.17, 15) is 29.3 Å². The molecule has 1 atom stereocenters. The molecule has 6 N–H and O–H groups in total. The molecule has 2 aromatic carbocycles. The van der Waals surface area contributed by atoms with Crippen molar-refractivity contribution in [1.82, 2.24) is 21.3 Å². The molecule has 2 rings (SSSR count). The third kappa shape index (κ3) is 28.2. The van der Waals surface area contributed by atoms with Crippen molar-refractivity contribution >= 4 is 29.7 Å². The van der Waals surface area contributed by atoms with Crippen molar-refractivity contribution in [1.29, 1.82) is 0 Å². The van der Waals surface area contributed by atoms with Crippen molar-refractivity contribution in [2.75, 3.05) is 40.5 Å². The van der Waals surface area contributed by atoms with Gasteiger partial charge >= 0.3 is 5.97 Å². The van der Waals surface area contributed by atoms with Gasteiger partial charge in [0.2, 0.25) is 11.8 Å². The number of guanidine groups is 1. The Morgan fingerprint density at radius 1 is 0.917 bits per heavy atom. The second-order valence-electron chi connectivity index (χ2n) is 8.66. The molecule has 0 fully saturated rings. The third-order valence-corrected chi connectivity index (χ3v) is 5.10. The summed E-state index contributed by atoms with van der Waals surface area (Å²) >= 11 is 0. The average Bonchev–Trinajstić information content (AvgIpc) is 3.10. The number of nitrogens with one attached hydrogen (secondary N) is 4. The summed E-state index contributed by atoms with van der Waals surface area (Å²) in [5, 5.41) is 21.7. The lowest BCUT2D eigenvalue weighted by atomic mass is 10.1. The number of aryl methyl sites for hydroxylation is 1. The van der Waals surface area contributed by atoms with Crippen LogP contribution in [0.4, 0.5) is 0 Å². The molecule has 15 nitrogen and oxygen atoms in total. The molecular weight excluding hydrogens is 622 g/mol. The lowest BCUT2D eigenvalue weighted by molar-refractivity contribution is -0.485. The van der Waals surface area contributed by atoms with Crippen LogP contribution in [0.25, 0.3) is 0 Å². The van der Waals surface area contributed by atoms with Crippen LogP contribution in [-0.2, 0) is 23.9 Å². The minimum atomic E-state index is -1.00. The van der Waals surface area contributed by atoms with Crippen molar-refractivity contribution in [2.24, 2.45) is 10.8 Å². The predicted molar refractivity (Wildman–Crippen MR) is 188 cm³/mol. The fourth-order valence-corrected chi connectivity index (χ4v) is 3.03. The van der Waals surface area contributed by atoms with Gasteiger partial charge in [0.1, 0.15) is 11.1 Å². The normalized spacial score (nSPS) is 10.0. The molecule has 0 bridgehead atoms. The largest absolute Gasteiger partial charge is 0.467 e. The molecule has 0 aliphatic heterocycles. The van der Waals surface area contributed by atoms with Gasteiger partial charge in [0, 0.05) is 19.2 Å². The van der Waals surface area contributed by atoms with Crippen molar-refractivity contribution in [2.45, 2.75) is 53.5 Å².